The molecule has 2 aromatic carbocycles. The lowest BCUT2D eigenvalue weighted by atomic mass is 9.99. The van der Waals surface area contributed by atoms with Crippen LogP contribution >= 0.6 is 0 Å². The molecule has 2 atom stereocenters. The lowest BCUT2D eigenvalue weighted by Gasteiger charge is -2.20. The first-order valence-corrected chi connectivity index (χ1v) is 8.81. The molecule has 1 fully saturated rings. The molecule has 25 heavy (non-hydrogen) atoms. The SMILES string of the molecule is CC(=O)c1cccc(OCC(O)CN2CCC(c3ccccc3)C2)c1. The summed E-state index contributed by atoms with van der Waals surface area (Å²) in [6, 6.07) is 17.6. The summed E-state index contributed by atoms with van der Waals surface area (Å²) in [5.74, 6) is 1.17. The largest absolute Gasteiger partial charge is 0.491 e. The lowest BCUT2D eigenvalue weighted by molar-refractivity contribution is 0.0754. The molecule has 132 valence electrons. The van der Waals surface area contributed by atoms with Crippen molar-refractivity contribution in [3.63, 3.8) is 0 Å². The van der Waals surface area contributed by atoms with Gasteiger partial charge < -0.3 is 14.7 Å². The smallest absolute Gasteiger partial charge is 0.159 e. The maximum absolute atomic E-state index is 11.4. The van der Waals surface area contributed by atoms with Crippen molar-refractivity contribution in [1.29, 1.82) is 0 Å². The Hall–Kier alpha value is -2.17. The Labute approximate surface area is 149 Å². The molecule has 2 unspecified atom stereocenters. The Kier molecular flexibility index (Phi) is 5.84. The first kappa shape index (κ1) is 17.6. The number of hydrogen-bond acceptors (Lipinski definition) is 4. The maximum Gasteiger partial charge on any atom is 0.159 e. The van der Waals surface area contributed by atoms with E-state index in [1.54, 1.807) is 24.3 Å². The Morgan fingerprint density at radius 2 is 2.04 bits per heavy atom. The zero-order valence-electron chi connectivity index (χ0n) is 14.6. The molecule has 1 N–H and O–H groups in total. The van der Waals surface area contributed by atoms with Gasteiger partial charge in [-0.1, -0.05) is 42.5 Å². The fourth-order valence-corrected chi connectivity index (χ4v) is 3.34. The molecule has 1 aliphatic rings. The third-order valence-corrected chi connectivity index (χ3v) is 4.70. The van der Waals surface area contributed by atoms with Crippen LogP contribution in [-0.4, -0.2) is 48.1 Å². The van der Waals surface area contributed by atoms with Crippen LogP contribution in [0, 0.1) is 0 Å². The van der Waals surface area contributed by atoms with Crippen LogP contribution in [0.1, 0.15) is 35.2 Å². The first-order chi connectivity index (χ1) is 12.1. The highest BCUT2D eigenvalue weighted by Gasteiger charge is 2.25. The zero-order valence-corrected chi connectivity index (χ0v) is 14.6. The molecule has 0 spiro atoms. The van der Waals surface area contributed by atoms with Crippen LogP contribution in [0.2, 0.25) is 0 Å². The number of Topliss-reactive ketones (excluding diaryl/α,β-unsaturated/α-hetero) is 1. The summed E-state index contributed by atoms with van der Waals surface area (Å²) in [7, 11) is 0. The van der Waals surface area contributed by atoms with Crippen molar-refractivity contribution in [2.24, 2.45) is 0 Å². The standard InChI is InChI=1S/C21H25NO3/c1-16(23)18-8-5-9-21(12-18)25-15-20(24)14-22-11-10-19(13-22)17-6-3-2-4-7-17/h2-9,12,19-20,24H,10-11,13-15H2,1H3. The van der Waals surface area contributed by atoms with E-state index in [1.165, 1.54) is 12.5 Å². The highest BCUT2D eigenvalue weighted by atomic mass is 16.5. The topological polar surface area (TPSA) is 49.8 Å². The van der Waals surface area contributed by atoms with Crippen LogP contribution in [0.15, 0.2) is 54.6 Å². The maximum atomic E-state index is 11.4. The number of aliphatic hydroxyl groups is 1. The number of hydrogen-bond donors (Lipinski definition) is 1. The Bertz CT molecular complexity index is 701. The molecule has 4 heteroatoms. The van der Waals surface area contributed by atoms with Crippen LogP contribution in [0.5, 0.6) is 5.75 Å². The number of carbonyl (C=O) groups is 1. The van der Waals surface area contributed by atoms with Gasteiger partial charge in [-0.15, -0.1) is 0 Å². The van der Waals surface area contributed by atoms with E-state index in [-0.39, 0.29) is 12.4 Å². The van der Waals surface area contributed by atoms with E-state index < -0.39 is 6.10 Å². The summed E-state index contributed by atoms with van der Waals surface area (Å²) >= 11 is 0. The highest BCUT2D eigenvalue weighted by Crippen LogP contribution is 2.26. The molecule has 4 nitrogen and oxygen atoms in total. The number of benzene rings is 2. The van der Waals surface area contributed by atoms with E-state index in [0.717, 1.165) is 19.5 Å². The highest BCUT2D eigenvalue weighted by molar-refractivity contribution is 5.94. The summed E-state index contributed by atoms with van der Waals surface area (Å²) in [6.07, 6.45) is 0.577. The van der Waals surface area contributed by atoms with Crippen molar-refractivity contribution in [2.45, 2.75) is 25.4 Å². The predicted molar refractivity (Wildman–Crippen MR) is 98.2 cm³/mol. The van der Waals surface area contributed by atoms with E-state index in [4.69, 9.17) is 4.74 Å². The monoisotopic (exact) mass is 339 g/mol. The van der Waals surface area contributed by atoms with Gasteiger partial charge in [-0.2, -0.15) is 0 Å². The normalized spacial score (nSPS) is 18.9. The third kappa shape index (κ3) is 4.91. The van der Waals surface area contributed by atoms with Crippen molar-refractivity contribution in [3.05, 3.63) is 65.7 Å². The van der Waals surface area contributed by atoms with Crippen molar-refractivity contribution >= 4 is 5.78 Å². The molecule has 1 saturated heterocycles. The van der Waals surface area contributed by atoms with Gasteiger partial charge in [0, 0.05) is 18.7 Å². The van der Waals surface area contributed by atoms with E-state index in [9.17, 15) is 9.90 Å². The van der Waals surface area contributed by atoms with Crippen LogP contribution in [0.4, 0.5) is 0 Å². The molecule has 0 aliphatic carbocycles. The summed E-state index contributed by atoms with van der Waals surface area (Å²) in [5.41, 5.74) is 1.99. The second-order valence-corrected chi connectivity index (χ2v) is 6.70. The molecular formula is C21H25NO3. The number of likely N-dealkylation sites (tertiary alicyclic amines) is 1. The van der Waals surface area contributed by atoms with Gasteiger partial charge in [-0.25, -0.2) is 0 Å². The van der Waals surface area contributed by atoms with Gasteiger partial charge in [0.2, 0.25) is 0 Å². The number of ketones is 1. The van der Waals surface area contributed by atoms with E-state index >= 15 is 0 Å². The molecule has 2 aromatic rings. The summed E-state index contributed by atoms with van der Waals surface area (Å²) < 4.78 is 5.65. The van der Waals surface area contributed by atoms with Crippen molar-refractivity contribution in [2.75, 3.05) is 26.2 Å². The second kappa shape index (κ2) is 8.28. The minimum absolute atomic E-state index is 0.00928. The van der Waals surface area contributed by atoms with Gasteiger partial charge in [0.25, 0.3) is 0 Å². The number of rotatable bonds is 7. The van der Waals surface area contributed by atoms with E-state index in [0.29, 0.717) is 23.8 Å². The lowest BCUT2D eigenvalue weighted by Crippen LogP contribution is -2.34. The molecule has 0 bridgehead atoms. The summed E-state index contributed by atoms with van der Waals surface area (Å²) in [6.45, 7) is 4.34. The van der Waals surface area contributed by atoms with Crippen LogP contribution in [0.25, 0.3) is 0 Å². The Morgan fingerprint density at radius 3 is 2.80 bits per heavy atom. The first-order valence-electron chi connectivity index (χ1n) is 8.81. The second-order valence-electron chi connectivity index (χ2n) is 6.70. The number of carbonyl (C=O) groups excluding carboxylic acids is 1. The quantitative estimate of drug-likeness (QED) is 0.788. The number of β-amino-alcohol motifs (C(OH)–C–C–N with tert-alkyl or cyclic N) is 1. The predicted octanol–water partition coefficient (Wildman–Crippen LogP) is 3.12. The van der Waals surface area contributed by atoms with Gasteiger partial charge in [0.1, 0.15) is 18.5 Å². The molecule has 1 aliphatic heterocycles. The third-order valence-electron chi connectivity index (χ3n) is 4.70. The zero-order chi connectivity index (χ0) is 17.6. The average molecular weight is 339 g/mol. The molecule has 0 radical (unpaired) electrons. The fourth-order valence-electron chi connectivity index (χ4n) is 3.34. The minimum Gasteiger partial charge on any atom is -0.491 e. The van der Waals surface area contributed by atoms with Gasteiger partial charge in [0.15, 0.2) is 5.78 Å². The summed E-state index contributed by atoms with van der Waals surface area (Å²) in [5, 5.41) is 10.3. The number of ether oxygens (including phenoxy) is 1. The minimum atomic E-state index is -0.546. The van der Waals surface area contributed by atoms with Crippen molar-refractivity contribution < 1.29 is 14.6 Å². The molecule has 0 aromatic heterocycles. The Balaban J connectivity index is 1.46. The molecule has 3 rings (SSSR count). The fraction of sp³-hybridized carbons (Fsp3) is 0.381. The van der Waals surface area contributed by atoms with Gasteiger partial charge in [-0.3, -0.25) is 4.79 Å². The average Bonchev–Trinajstić information content (AvgIpc) is 3.09. The van der Waals surface area contributed by atoms with Crippen LogP contribution in [0.3, 0.4) is 0 Å². The molecule has 0 amide bonds. The Morgan fingerprint density at radius 1 is 1.24 bits per heavy atom. The van der Waals surface area contributed by atoms with Crippen LogP contribution < -0.4 is 4.74 Å². The van der Waals surface area contributed by atoms with Crippen molar-refractivity contribution in [1.82, 2.24) is 4.90 Å². The summed E-state index contributed by atoms with van der Waals surface area (Å²) in [4.78, 5) is 13.7. The number of aliphatic hydroxyl groups excluding tert-OH is 1. The van der Waals surface area contributed by atoms with Gasteiger partial charge >= 0.3 is 0 Å². The molecular weight excluding hydrogens is 314 g/mol. The van der Waals surface area contributed by atoms with Gasteiger partial charge in [0.05, 0.1) is 0 Å². The molecule has 0 saturated carbocycles. The van der Waals surface area contributed by atoms with Gasteiger partial charge in [-0.05, 0) is 43.5 Å². The van der Waals surface area contributed by atoms with E-state index in [2.05, 4.69) is 29.2 Å². The van der Waals surface area contributed by atoms with Crippen molar-refractivity contribution in [3.8, 4) is 5.75 Å². The molecule has 1 heterocycles. The van der Waals surface area contributed by atoms with Crippen LogP contribution in [-0.2, 0) is 0 Å². The van der Waals surface area contributed by atoms with E-state index in [1.807, 2.05) is 6.07 Å². The number of nitrogens with zero attached hydrogens (tertiary/aromatic N) is 1.